The highest BCUT2D eigenvalue weighted by atomic mass is 32.2. The summed E-state index contributed by atoms with van der Waals surface area (Å²) in [4.78, 5) is 26.9. The molecule has 0 radical (unpaired) electrons. The summed E-state index contributed by atoms with van der Waals surface area (Å²) in [7, 11) is 1.81. The third kappa shape index (κ3) is 3.78. The number of thioether (sulfide) groups is 1. The maximum atomic E-state index is 13.0. The fourth-order valence-corrected chi connectivity index (χ4v) is 4.35. The Bertz CT molecular complexity index is 1270. The maximum Gasteiger partial charge on any atom is 0.295 e. The van der Waals surface area contributed by atoms with Gasteiger partial charge in [-0.3, -0.25) is 14.3 Å². The molecule has 0 saturated carbocycles. The van der Waals surface area contributed by atoms with Gasteiger partial charge in [0.1, 0.15) is 5.69 Å². The van der Waals surface area contributed by atoms with E-state index in [0.717, 1.165) is 16.0 Å². The number of hydrogen-bond acceptors (Lipinski definition) is 3. The summed E-state index contributed by atoms with van der Waals surface area (Å²) < 4.78 is 3.32. The van der Waals surface area contributed by atoms with Crippen LogP contribution < -0.4 is 10.9 Å². The van der Waals surface area contributed by atoms with Crippen LogP contribution in [0.25, 0.3) is 16.5 Å². The summed E-state index contributed by atoms with van der Waals surface area (Å²) in [5.41, 5.74) is 1.54. The van der Waals surface area contributed by atoms with Gasteiger partial charge in [-0.25, -0.2) is 4.68 Å². The minimum absolute atomic E-state index is 0.195. The van der Waals surface area contributed by atoms with Gasteiger partial charge in [-0.15, -0.1) is 11.8 Å². The van der Waals surface area contributed by atoms with Crippen LogP contribution >= 0.6 is 11.8 Å². The van der Waals surface area contributed by atoms with Gasteiger partial charge in [-0.1, -0.05) is 48.5 Å². The minimum Gasteiger partial charge on any atom is -0.319 e. The Labute approximate surface area is 179 Å². The Morgan fingerprint density at radius 1 is 0.967 bits per heavy atom. The number of aromatic nitrogens is 2. The lowest BCUT2D eigenvalue weighted by Gasteiger charge is -2.12. The molecule has 0 bridgehead atoms. The highest BCUT2D eigenvalue weighted by molar-refractivity contribution is 8.00. The van der Waals surface area contributed by atoms with E-state index < -0.39 is 0 Å². The first-order valence-electron chi connectivity index (χ1n) is 9.76. The van der Waals surface area contributed by atoms with E-state index in [-0.39, 0.29) is 16.7 Å². The van der Waals surface area contributed by atoms with Crippen LogP contribution in [0.4, 0.5) is 5.69 Å². The Morgan fingerprint density at radius 2 is 1.63 bits per heavy atom. The summed E-state index contributed by atoms with van der Waals surface area (Å²) in [6.07, 6.45) is 0. The number of amides is 1. The van der Waals surface area contributed by atoms with E-state index in [0.29, 0.717) is 11.4 Å². The number of nitrogens with one attached hydrogen (secondary N) is 1. The van der Waals surface area contributed by atoms with Gasteiger partial charge in [0.05, 0.1) is 16.6 Å². The highest BCUT2D eigenvalue weighted by Gasteiger charge is 2.21. The van der Waals surface area contributed by atoms with Crippen molar-refractivity contribution >= 4 is 34.1 Å². The smallest absolute Gasteiger partial charge is 0.295 e. The standard InChI is InChI=1S/C24H23N3O2S/c1-16-22(24(29)27(26(16)3)20-11-5-4-6-12-20)25-23(28)17(2)30-21-14-13-18-9-7-8-10-19(18)15-21/h4-15,17H,1-3H3,(H,25,28)/t17-/m1/s1. The number of carbonyl (C=O) groups is 1. The molecule has 0 aliphatic carbocycles. The van der Waals surface area contributed by atoms with Crippen molar-refractivity contribution in [3.63, 3.8) is 0 Å². The number of fused-ring (bicyclic) bond motifs is 1. The first-order valence-corrected chi connectivity index (χ1v) is 10.6. The molecule has 30 heavy (non-hydrogen) atoms. The second-order valence-corrected chi connectivity index (χ2v) is 8.61. The van der Waals surface area contributed by atoms with Crippen LogP contribution in [0.2, 0.25) is 0 Å². The van der Waals surface area contributed by atoms with Crippen molar-refractivity contribution in [1.82, 2.24) is 9.36 Å². The van der Waals surface area contributed by atoms with Crippen molar-refractivity contribution < 1.29 is 4.79 Å². The van der Waals surface area contributed by atoms with E-state index in [2.05, 4.69) is 29.6 Å². The fraction of sp³-hybridized carbons (Fsp3) is 0.167. The molecule has 0 unspecified atom stereocenters. The zero-order chi connectivity index (χ0) is 21.3. The number of carbonyl (C=O) groups excluding carboxylic acids is 1. The normalized spacial score (nSPS) is 12.1. The quantitative estimate of drug-likeness (QED) is 0.477. The van der Waals surface area contributed by atoms with Crippen molar-refractivity contribution in [3.05, 3.63) is 88.8 Å². The summed E-state index contributed by atoms with van der Waals surface area (Å²) in [6.45, 7) is 3.68. The van der Waals surface area contributed by atoms with Crippen LogP contribution in [0.5, 0.6) is 0 Å². The van der Waals surface area contributed by atoms with Crippen LogP contribution in [0.3, 0.4) is 0 Å². The Morgan fingerprint density at radius 3 is 2.37 bits per heavy atom. The Hall–Kier alpha value is -3.25. The Balaban J connectivity index is 1.55. The maximum absolute atomic E-state index is 13.0. The van der Waals surface area contributed by atoms with Gasteiger partial charge in [0.2, 0.25) is 5.91 Å². The average Bonchev–Trinajstić information content (AvgIpc) is 2.97. The molecule has 0 spiro atoms. The van der Waals surface area contributed by atoms with Crippen molar-refractivity contribution in [2.24, 2.45) is 7.05 Å². The third-order valence-corrected chi connectivity index (χ3v) is 6.30. The summed E-state index contributed by atoms with van der Waals surface area (Å²) in [6, 6.07) is 23.7. The van der Waals surface area contributed by atoms with E-state index in [1.165, 1.54) is 17.1 Å². The Kier molecular flexibility index (Phi) is 5.50. The molecule has 1 amide bonds. The summed E-state index contributed by atoms with van der Waals surface area (Å²) in [5.74, 6) is -0.195. The minimum atomic E-state index is -0.352. The van der Waals surface area contributed by atoms with Crippen LogP contribution in [-0.2, 0) is 11.8 Å². The molecule has 1 N–H and O–H groups in total. The molecule has 1 atom stereocenters. The zero-order valence-corrected chi connectivity index (χ0v) is 17.9. The van der Waals surface area contributed by atoms with Crippen LogP contribution in [0.1, 0.15) is 12.6 Å². The molecular weight excluding hydrogens is 394 g/mol. The number of rotatable bonds is 5. The number of nitrogens with zero attached hydrogens (tertiary/aromatic N) is 2. The largest absolute Gasteiger partial charge is 0.319 e. The van der Waals surface area contributed by atoms with Crippen molar-refractivity contribution in [3.8, 4) is 5.69 Å². The van der Waals surface area contributed by atoms with E-state index >= 15 is 0 Å². The molecule has 6 heteroatoms. The average molecular weight is 418 g/mol. The second kappa shape index (κ2) is 8.24. The molecule has 0 saturated heterocycles. The topological polar surface area (TPSA) is 56.0 Å². The number of hydrogen-bond donors (Lipinski definition) is 1. The van der Waals surface area contributed by atoms with Gasteiger partial charge in [0.25, 0.3) is 5.56 Å². The van der Waals surface area contributed by atoms with Crippen LogP contribution in [-0.4, -0.2) is 20.5 Å². The van der Waals surface area contributed by atoms with Gasteiger partial charge in [0.15, 0.2) is 0 Å². The molecule has 5 nitrogen and oxygen atoms in total. The predicted molar refractivity (Wildman–Crippen MR) is 124 cm³/mol. The lowest BCUT2D eigenvalue weighted by molar-refractivity contribution is -0.115. The summed E-state index contributed by atoms with van der Waals surface area (Å²) >= 11 is 1.48. The van der Waals surface area contributed by atoms with Gasteiger partial charge >= 0.3 is 0 Å². The highest BCUT2D eigenvalue weighted by Crippen LogP contribution is 2.27. The zero-order valence-electron chi connectivity index (χ0n) is 17.1. The number of para-hydroxylation sites is 1. The van der Waals surface area contributed by atoms with Crippen molar-refractivity contribution in [2.75, 3.05) is 5.32 Å². The predicted octanol–water partition coefficient (Wildman–Crippen LogP) is 4.76. The first kappa shape index (κ1) is 20.0. The molecule has 152 valence electrons. The van der Waals surface area contributed by atoms with E-state index in [1.807, 2.05) is 69.4 Å². The van der Waals surface area contributed by atoms with Gasteiger partial charge in [-0.2, -0.15) is 0 Å². The van der Waals surface area contributed by atoms with Gasteiger partial charge in [0, 0.05) is 11.9 Å². The fourth-order valence-electron chi connectivity index (χ4n) is 3.44. The second-order valence-electron chi connectivity index (χ2n) is 7.19. The molecule has 1 heterocycles. The van der Waals surface area contributed by atoms with E-state index in [4.69, 9.17) is 0 Å². The van der Waals surface area contributed by atoms with E-state index in [9.17, 15) is 9.59 Å². The lowest BCUT2D eigenvalue weighted by Crippen LogP contribution is -2.27. The molecule has 4 rings (SSSR count). The van der Waals surface area contributed by atoms with Crippen LogP contribution in [0, 0.1) is 6.92 Å². The van der Waals surface area contributed by atoms with Crippen molar-refractivity contribution in [2.45, 2.75) is 24.0 Å². The molecule has 0 fully saturated rings. The molecule has 0 aliphatic rings. The molecule has 3 aromatic carbocycles. The molecule has 0 aliphatic heterocycles. The first-order chi connectivity index (χ1) is 14.5. The summed E-state index contributed by atoms with van der Waals surface area (Å²) in [5, 5.41) is 4.81. The monoisotopic (exact) mass is 417 g/mol. The SMILES string of the molecule is Cc1c(NC(=O)[C@@H](C)Sc2ccc3ccccc3c2)c(=O)n(-c2ccccc2)n1C. The lowest BCUT2D eigenvalue weighted by atomic mass is 10.1. The van der Waals surface area contributed by atoms with Crippen LogP contribution in [0.15, 0.2) is 82.5 Å². The number of anilines is 1. The molecular formula is C24H23N3O2S. The van der Waals surface area contributed by atoms with E-state index in [1.54, 1.807) is 9.36 Å². The molecule has 4 aromatic rings. The van der Waals surface area contributed by atoms with Gasteiger partial charge in [-0.05, 0) is 48.9 Å². The molecule has 1 aromatic heterocycles. The van der Waals surface area contributed by atoms with Gasteiger partial charge < -0.3 is 5.32 Å². The third-order valence-electron chi connectivity index (χ3n) is 5.21. The number of benzene rings is 3. The van der Waals surface area contributed by atoms with Crippen molar-refractivity contribution in [1.29, 1.82) is 0 Å².